The molecule has 0 aliphatic carbocycles. The first kappa shape index (κ1) is 17.7. The Balaban J connectivity index is 2.82. The van der Waals surface area contributed by atoms with Crippen LogP contribution < -0.4 is 0 Å². The first-order chi connectivity index (χ1) is 9.89. The van der Waals surface area contributed by atoms with Gasteiger partial charge in [-0.2, -0.15) is 0 Å². The van der Waals surface area contributed by atoms with E-state index in [2.05, 4.69) is 0 Å². The van der Waals surface area contributed by atoms with Gasteiger partial charge in [0.15, 0.2) is 0 Å². The first-order valence-electron chi connectivity index (χ1n) is 6.68. The third kappa shape index (κ3) is 5.17. The van der Waals surface area contributed by atoms with E-state index in [4.69, 9.17) is 27.9 Å². The van der Waals surface area contributed by atoms with E-state index in [1.54, 1.807) is 30.3 Å². The van der Waals surface area contributed by atoms with Gasteiger partial charge < -0.3 is 4.74 Å². The number of hydrogen-bond acceptors (Lipinski definition) is 4. The molecule has 0 aliphatic heterocycles. The number of carbonyl (C=O) groups excluding carboxylic acids is 1. The van der Waals surface area contributed by atoms with Gasteiger partial charge >= 0.3 is 10.4 Å². The maximum absolute atomic E-state index is 12.0. The smallest absolute Gasteiger partial charge is 0.406 e. The number of unbranched alkanes of at least 4 members (excludes halogenated alkanes) is 2. The zero-order valence-corrected chi connectivity index (χ0v) is 13.1. The molecule has 0 fully saturated rings. The van der Waals surface area contributed by atoms with Crippen molar-refractivity contribution < 1.29 is 14.5 Å². The van der Waals surface area contributed by atoms with Crippen LogP contribution in [-0.2, 0) is 4.74 Å². The van der Waals surface area contributed by atoms with E-state index in [1.807, 2.05) is 6.92 Å². The van der Waals surface area contributed by atoms with Crippen LogP contribution in [0.15, 0.2) is 30.3 Å². The van der Waals surface area contributed by atoms with Crippen LogP contribution in [0.2, 0.25) is 0 Å². The first-order valence-corrected chi connectivity index (χ1v) is 7.43. The van der Waals surface area contributed by atoms with Gasteiger partial charge in [0, 0.05) is 0 Å². The van der Waals surface area contributed by atoms with Crippen molar-refractivity contribution in [1.29, 1.82) is 0 Å². The van der Waals surface area contributed by atoms with E-state index in [1.165, 1.54) is 0 Å². The van der Waals surface area contributed by atoms with E-state index in [0.717, 1.165) is 12.8 Å². The predicted octanol–water partition coefficient (Wildman–Crippen LogP) is 4.20. The summed E-state index contributed by atoms with van der Waals surface area (Å²) in [5.74, 6) is -0.676. The number of hydrogen-bond donors (Lipinski definition) is 0. The minimum Gasteiger partial charge on any atom is -0.448 e. The van der Waals surface area contributed by atoms with E-state index in [9.17, 15) is 14.9 Å². The molecule has 0 N–H and O–H groups in total. The summed E-state index contributed by atoms with van der Waals surface area (Å²) in [6, 6.07) is 8.21. The quantitative estimate of drug-likeness (QED) is 0.178. The van der Waals surface area contributed by atoms with Crippen molar-refractivity contribution in [2.24, 2.45) is 0 Å². The summed E-state index contributed by atoms with van der Waals surface area (Å²) in [7, 11) is 0. The lowest BCUT2D eigenvalue weighted by molar-refractivity contribution is -0.527. The van der Waals surface area contributed by atoms with Crippen LogP contribution in [0.1, 0.15) is 43.0 Å². The summed E-state index contributed by atoms with van der Waals surface area (Å²) in [4.78, 5) is 22.1. The molecule has 5 nitrogen and oxygen atoms in total. The van der Waals surface area contributed by atoms with Gasteiger partial charge in [-0.15, -0.1) is 0 Å². The average molecular weight is 334 g/mol. The standard InChI is InChI=1S/C14H17Cl2NO4/c1-2-3-5-10-12(14(15,16)17(19)20)21-13(18)11-8-6-4-7-9-11/h4,6-9,12H,2-3,5,10H2,1H3. The molecule has 0 aromatic heterocycles. The maximum Gasteiger partial charge on any atom is 0.406 e. The highest BCUT2D eigenvalue weighted by atomic mass is 35.5. The van der Waals surface area contributed by atoms with Crippen molar-refractivity contribution in [2.75, 3.05) is 0 Å². The minimum atomic E-state index is -2.35. The van der Waals surface area contributed by atoms with Crippen molar-refractivity contribution in [3.63, 3.8) is 0 Å². The molecule has 1 rings (SSSR count). The van der Waals surface area contributed by atoms with Gasteiger partial charge in [-0.1, -0.05) is 38.0 Å². The molecule has 116 valence electrons. The summed E-state index contributed by atoms with van der Waals surface area (Å²) in [6.07, 6.45) is 1.45. The summed E-state index contributed by atoms with van der Waals surface area (Å²) in [6.45, 7) is 1.99. The van der Waals surface area contributed by atoms with Crippen molar-refractivity contribution in [1.82, 2.24) is 0 Å². The van der Waals surface area contributed by atoms with Gasteiger partial charge in [-0.25, -0.2) is 4.79 Å². The molecule has 1 atom stereocenters. The van der Waals surface area contributed by atoms with E-state index in [-0.39, 0.29) is 6.42 Å². The van der Waals surface area contributed by atoms with Crippen LogP contribution in [0.25, 0.3) is 0 Å². The lowest BCUT2D eigenvalue weighted by atomic mass is 10.1. The Morgan fingerprint density at radius 1 is 1.33 bits per heavy atom. The highest BCUT2D eigenvalue weighted by Gasteiger charge is 2.49. The largest absolute Gasteiger partial charge is 0.448 e. The maximum atomic E-state index is 12.0. The van der Waals surface area contributed by atoms with Gasteiger partial charge in [-0.3, -0.25) is 10.1 Å². The molecule has 1 unspecified atom stereocenters. The molecule has 0 saturated carbocycles. The van der Waals surface area contributed by atoms with Crippen molar-refractivity contribution in [3.05, 3.63) is 46.0 Å². The number of esters is 1. The van der Waals surface area contributed by atoms with Gasteiger partial charge in [0.1, 0.15) is 0 Å². The lowest BCUT2D eigenvalue weighted by Gasteiger charge is -2.22. The number of carbonyl (C=O) groups is 1. The number of nitrogens with zero attached hydrogens (tertiary/aromatic N) is 1. The van der Waals surface area contributed by atoms with E-state index in [0.29, 0.717) is 12.0 Å². The fourth-order valence-electron chi connectivity index (χ4n) is 1.77. The molecule has 21 heavy (non-hydrogen) atoms. The second-order valence-corrected chi connectivity index (χ2v) is 5.95. The van der Waals surface area contributed by atoms with Crippen LogP contribution in [0, 0.1) is 10.1 Å². The fraction of sp³-hybridized carbons (Fsp3) is 0.500. The summed E-state index contributed by atoms with van der Waals surface area (Å²) < 4.78 is 2.82. The van der Waals surface area contributed by atoms with Gasteiger partial charge in [-0.05, 0) is 48.2 Å². The predicted molar refractivity (Wildman–Crippen MR) is 81.2 cm³/mol. The Morgan fingerprint density at radius 3 is 2.48 bits per heavy atom. The van der Waals surface area contributed by atoms with Crippen molar-refractivity contribution in [2.45, 2.75) is 43.2 Å². The second-order valence-electron chi connectivity index (χ2n) is 4.60. The number of ether oxygens (including phenoxy) is 1. The van der Waals surface area contributed by atoms with Crippen molar-refractivity contribution in [3.8, 4) is 0 Å². The Bertz CT molecular complexity index is 479. The SMILES string of the molecule is CCCCCC(OC(=O)c1ccccc1)C(Cl)(Cl)[N+](=O)[O-]. The minimum absolute atomic E-state index is 0.237. The summed E-state index contributed by atoms with van der Waals surface area (Å²) in [5, 5.41) is 11.0. The lowest BCUT2D eigenvalue weighted by Crippen LogP contribution is -2.42. The molecule has 0 spiro atoms. The van der Waals surface area contributed by atoms with Crippen LogP contribution in [-0.4, -0.2) is 21.5 Å². The Hall–Kier alpha value is -1.33. The average Bonchev–Trinajstić information content (AvgIpc) is 2.47. The molecular formula is C14H17Cl2NO4. The molecule has 1 aromatic carbocycles. The van der Waals surface area contributed by atoms with Crippen LogP contribution >= 0.6 is 23.2 Å². The molecule has 7 heteroatoms. The second kappa shape index (κ2) is 8.20. The third-order valence-electron chi connectivity index (χ3n) is 2.96. The van der Waals surface area contributed by atoms with E-state index < -0.39 is 21.5 Å². The number of benzene rings is 1. The molecule has 0 bridgehead atoms. The zero-order chi connectivity index (χ0) is 15.9. The zero-order valence-electron chi connectivity index (χ0n) is 11.6. The Morgan fingerprint density at radius 2 is 1.95 bits per heavy atom. The summed E-state index contributed by atoms with van der Waals surface area (Å²) in [5.41, 5.74) is 0.297. The van der Waals surface area contributed by atoms with Crippen LogP contribution in [0.4, 0.5) is 0 Å². The topological polar surface area (TPSA) is 69.4 Å². The molecule has 0 heterocycles. The summed E-state index contributed by atoms with van der Waals surface area (Å²) >= 11 is 11.5. The molecule has 1 aromatic rings. The van der Waals surface area contributed by atoms with Crippen LogP contribution in [0.3, 0.4) is 0 Å². The molecule has 0 amide bonds. The number of alkyl halides is 2. The Kier molecular flexibility index (Phi) is 6.92. The Labute approximate surface area is 133 Å². The molecule has 0 aliphatic rings. The van der Waals surface area contributed by atoms with Gasteiger partial charge in [0.25, 0.3) is 0 Å². The van der Waals surface area contributed by atoms with E-state index >= 15 is 0 Å². The number of rotatable bonds is 8. The molecule has 0 radical (unpaired) electrons. The molecular weight excluding hydrogens is 317 g/mol. The van der Waals surface area contributed by atoms with Crippen LogP contribution in [0.5, 0.6) is 0 Å². The number of halogens is 2. The highest BCUT2D eigenvalue weighted by molar-refractivity contribution is 6.47. The highest BCUT2D eigenvalue weighted by Crippen LogP contribution is 2.32. The third-order valence-corrected chi connectivity index (χ3v) is 3.72. The number of nitro groups is 1. The van der Waals surface area contributed by atoms with Crippen molar-refractivity contribution >= 4 is 29.2 Å². The fourth-order valence-corrected chi connectivity index (χ4v) is 2.08. The van der Waals surface area contributed by atoms with Gasteiger partial charge in [0.2, 0.25) is 6.10 Å². The normalized spacial score (nSPS) is 12.7. The monoisotopic (exact) mass is 333 g/mol. The van der Waals surface area contributed by atoms with Gasteiger partial charge in [0.05, 0.1) is 10.5 Å². The molecule has 0 saturated heterocycles.